The van der Waals surface area contributed by atoms with Gasteiger partial charge in [-0.05, 0) is 19.1 Å². The van der Waals surface area contributed by atoms with Gasteiger partial charge >= 0.3 is 12.1 Å². The van der Waals surface area contributed by atoms with Gasteiger partial charge in [-0.1, -0.05) is 12.1 Å². The molecule has 0 aromatic heterocycles. The second kappa shape index (κ2) is 5.16. The Morgan fingerprint density at radius 3 is 2.50 bits per heavy atom. The lowest BCUT2D eigenvalue weighted by Crippen LogP contribution is -2.30. The van der Waals surface area contributed by atoms with Crippen LogP contribution in [0.2, 0.25) is 0 Å². The van der Waals surface area contributed by atoms with Crippen LogP contribution in [0.3, 0.4) is 0 Å². The Balaban J connectivity index is 3.21. The molecule has 0 radical (unpaired) electrons. The Morgan fingerprint density at radius 1 is 1.38 bits per heavy atom. The number of esters is 1. The summed E-state index contributed by atoms with van der Waals surface area (Å²) in [5, 5.41) is 8.98. The van der Waals surface area contributed by atoms with Gasteiger partial charge in [-0.25, -0.2) is 9.59 Å². The number of amides is 1. The molecule has 86 valence electrons. The molecule has 1 rings (SSSR count). The van der Waals surface area contributed by atoms with Crippen LogP contribution in [0.5, 0.6) is 0 Å². The fourth-order valence-electron chi connectivity index (χ4n) is 1.40. The summed E-state index contributed by atoms with van der Waals surface area (Å²) in [4.78, 5) is 23.5. The molecule has 0 atom stereocenters. The molecule has 0 aliphatic carbocycles. The number of nitrogens with zero attached hydrogens (tertiary/aromatic N) is 1. The molecule has 5 heteroatoms. The molecule has 0 aliphatic heterocycles. The van der Waals surface area contributed by atoms with Gasteiger partial charge in [0, 0.05) is 6.54 Å². The molecule has 0 saturated heterocycles. The summed E-state index contributed by atoms with van der Waals surface area (Å²) in [6.07, 6.45) is -1.10. The number of carbonyl (C=O) groups is 2. The minimum Gasteiger partial charge on any atom is -0.465 e. The van der Waals surface area contributed by atoms with Crippen molar-refractivity contribution in [1.29, 1.82) is 0 Å². The largest absolute Gasteiger partial charge is 0.465 e. The molecule has 0 bridgehead atoms. The van der Waals surface area contributed by atoms with E-state index in [-0.39, 0.29) is 12.1 Å². The van der Waals surface area contributed by atoms with Gasteiger partial charge in [0.1, 0.15) is 0 Å². The summed E-state index contributed by atoms with van der Waals surface area (Å²) >= 11 is 0. The van der Waals surface area contributed by atoms with E-state index >= 15 is 0 Å². The topological polar surface area (TPSA) is 66.8 Å². The maximum Gasteiger partial charge on any atom is 0.411 e. The predicted octanol–water partition coefficient (Wildman–Crippen LogP) is 1.98. The second-order valence-electron chi connectivity index (χ2n) is 3.04. The Kier molecular flexibility index (Phi) is 3.88. The van der Waals surface area contributed by atoms with Gasteiger partial charge in [0.25, 0.3) is 0 Å². The Labute approximate surface area is 93.2 Å². The highest BCUT2D eigenvalue weighted by atomic mass is 16.5. The maximum absolute atomic E-state index is 11.4. The number of hydrogen-bond donors (Lipinski definition) is 1. The molecule has 0 unspecified atom stereocenters. The summed E-state index contributed by atoms with van der Waals surface area (Å²) < 4.78 is 4.59. The van der Waals surface area contributed by atoms with Gasteiger partial charge in [-0.3, -0.25) is 4.90 Å². The zero-order valence-electron chi connectivity index (χ0n) is 9.14. The second-order valence-corrected chi connectivity index (χ2v) is 3.04. The third-order valence-electron chi connectivity index (χ3n) is 2.15. The van der Waals surface area contributed by atoms with Crippen molar-refractivity contribution in [2.75, 3.05) is 18.6 Å². The molecular formula is C11H13NO4. The molecule has 0 heterocycles. The average Bonchev–Trinajstić information content (AvgIpc) is 2.29. The number of para-hydroxylation sites is 1. The molecule has 5 nitrogen and oxygen atoms in total. The van der Waals surface area contributed by atoms with Crippen LogP contribution < -0.4 is 4.90 Å². The van der Waals surface area contributed by atoms with E-state index in [2.05, 4.69) is 4.74 Å². The van der Waals surface area contributed by atoms with Crippen molar-refractivity contribution in [1.82, 2.24) is 0 Å². The minimum absolute atomic E-state index is 0.245. The summed E-state index contributed by atoms with van der Waals surface area (Å²) in [5.74, 6) is -0.546. The first-order valence-corrected chi connectivity index (χ1v) is 4.79. The molecular weight excluding hydrogens is 210 g/mol. The lowest BCUT2D eigenvalue weighted by molar-refractivity contribution is 0.0601. The normalized spacial score (nSPS) is 9.62. The molecule has 0 fully saturated rings. The third kappa shape index (κ3) is 2.31. The first-order chi connectivity index (χ1) is 7.61. The molecule has 16 heavy (non-hydrogen) atoms. The fourth-order valence-corrected chi connectivity index (χ4v) is 1.40. The van der Waals surface area contributed by atoms with E-state index in [1.165, 1.54) is 13.2 Å². The number of benzene rings is 1. The lowest BCUT2D eigenvalue weighted by Gasteiger charge is -2.19. The standard InChI is InChI=1S/C11H13NO4/c1-3-12(11(14)15)9-7-5-4-6-8(9)10(13)16-2/h4-7H,3H2,1-2H3,(H,14,15). The molecule has 1 aromatic rings. The van der Waals surface area contributed by atoms with E-state index in [9.17, 15) is 9.59 Å². The Hall–Kier alpha value is -2.04. The Morgan fingerprint density at radius 2 is 2.00 bits per heavy atom. The zero-order chi connectivity index (χ0) is 12.1. The monoisotopic (exact) mass is 223 g/mol. The number of carboxylic acid groups (broad SMARTS) is 1. The van der Waals surface area contributed by atoms with E-state index in [1.54, 1.807) is 25.1 Å². The SMILES string of the molecule is CCN(C(=O)O)c1ccccc1C(=O)OC. The highest BCUT2D eigenvalue weighted by Crippen LogP contribution is 2.21. The number of rotatable bonds is 3. The summed E-state index contributed by atoms with van der Waals surface area (Å²) in [7, 11) is 1.26. The van der Waals surface area contributed by atoms with Crippen LogP contribution in [0.1, 0.15) is 17.3 Å². The first kappa shape index (κ1) is 12.0. The van der Waals surface area contributed by atoms with Gasteiger partial charge < -0.3 is 9.84 Å². The third-order valence-corrected chi connectivity index (χ3v) is 2.15. The number of methoxy groups -OCH3 is 1. The van der Waals surface area contributed by atoms with Crippen LogP contribution in [-0.2, 0) is 4.74 Å². The number of carbonyl (C=O) groups excluding carboxylic acids is 1. The van der Waals surface area contributed by atoms with Crippen molar-refractivity contribution in [3.63, 3.8) is 0 Å². The smallest absolute Gasteiger partial charge is 0.411 e. The van der Waals surface area contributed by atoms with E-state index in [4.69, 9.17) is 5.11 Å². The van der Waals surface area contributed by atoms with Crippen LogP contribution in [-0.4, -0.2) is 30.8 Å². The predicted molar refractivity (Wildman–Crippen MR) is 58.8 cm³/mol. The van der Waals surface area contributed by atoms with Crippen molar-refractivity contribution in [3.8, 4) is 0 Å². The van der Waals surface area contributed by atoms with E-state index < -0.39 is 12.1 Å². The number of hydrogen-bond acceptors (Lipinski definition) is 3. The molecule has 0 spiro atoms. The highest BCUT2D eigenvalue weighted by Gasteiger charge is 2.19. The molecule has 1 aromatic carbocycles. The van der Waals surface area contributed by atoms with Gasteiger partial charge in [0.05, 0.1) is 18.4 Å². The van der Waals surface area contributed by atoms with Crippen molar-refractivity contribution >= 4 is 17.7 Å². The van der Waals surface area contributed by atoms with Crippen LogP contribution in [0.4, 0.5) is 10.5 Å². The molecule has 1 N–H and O–H groups in total. The number of ether oxygens (including phenoxy) is 1. The maximum atomic E-state index is 11.4. The van der Waals surface area contributed by atoms with Crippen molar-refractivity contribution in [2.45, 2.75) is 6.92 Å². The molecule has 1 amide bonds. The summed E-state index contributed by atoms with van der Waals surface area (Å²) in [6.45, 7) is 1.96. The van der Waals surface area contributed by atoms with E-state index in [0.717, 1.165) is 4.90 Å². The summed E-state index contributed by atoms with van der Waals surface area (Å²) in [6, 6.07) is 6.44. The molecule has 0 saturated carbocycles. The van der Waals surface area contributed by atoms with Gasteiger partial charge in [-0.15, -0.1) is 0 Å². The van der Waals surface area contributed by atoms with Crippen LogP contribution in [0, 0.1) is 0 Å². The van der Waals surface area contributed by atoms with E-state index in [0.29, 0.717) is 5.69 Å². The Bertz CT molecular complexity index is 403. The highest BCUT2D eigenvalue weighted by molar-refractivity contribution is 6.00. The average molecular weight is 223 g/mol. The quantitative estimate of drug-likeness (QED) is 0.795. The molecule has 0 aliphatic rings. The van der Waals surface area contributed by atoms with Crippen LogP contribution >= 0.6 is 0 Å². The summed E-state index contributed by atoms with van der Waals surface area (Å²) in [5.41, 5.74) is 0.582. The van der Waals surface area contributed by atoms with Crippen molar-refractivity contribution in [2.24, 2.45) is 0 Å². The van der Waals surface area contributed by atoms with Crippen molar-refractivity contribution < 1.29 is 19.4 Å². The van der Waals surface area contributed by atoms with Gasteiger partial charge in [0.2, 0.25) is 0 Å². The first-order valence-electron chi connectivity index (χ1n) is 4.79. The fraction of sp³-hybridized carbons (Fsp3) is 0.273. The minimum atomic E-state index is -1.10. The van der Waals surface area contributed by atoms with E-state index in [1.807, 2.05) is 0 Å². The van der Waals surface area contributed by atoms with Gasteiger partial charge in [0.15, 0.2) is 0 Å². The van der Waals surface area contributed by atoms with Crippen molar-refractivity contribution in [3.05, 3.63) is 29.8 Å². The van der Waals surface area contributed by atoms with Crippen LogP contribution in [0.15, 0.2) is 24.3 Å². The number of anilines is 1. The zero-order valence-corrected chi connectivity index (χ0v) is 9.14. The van der Waals surface area contributed by atoms with Gasteiger partial charge in [-0.2, -0.15) is 0 Å². The van der Waals surface area contributed by atoms with Crippen LogP contribution in [0.25, 0.3) is 0 Å². The lowest BCUT2D eigenvalue weighted by atomic mass is 10.1.